The molecule has 0 saturated carbocycles. The van der Waals surface area contributed by atoms with Crippen LogP contribution in [-0.2, 0) is 11.2 Å². The highest BCUT2D eigenvalue weighted by atomic mass is 16.7. The Morgan fingerprint density at radius 2 is 1.52 bits per heavy atom. The molecule has 0 aliphatic carbocycles. The standard InChI is InChI=1S/C20H22O5/c1-3-5-10-15-11-6-8-13-17(15)24-20(22)25-18-14-9-7-12-16(18)19(21)23-4-2/h6-9,11-14H,3-5,10H2,1-2H3. The molecule has 0 amide bonds. The number of esters is 1. The molecular formula is C20H22O5. The van der Waals surface area contributed by atoms with Crippen LogP contribution in [-0.4, -0.2) is 18.7 Å². The van der Waals surface area contributed by atoms with Gasteiger partial charge < -0.3 is 14.2 Å². The minimum Gasteiger partial charge on any atom is -0.462 e. The zero-order valence-electron chi connectivity index (χ0n) is 14.5. The van der Waals surface area contributed by atoms with E-state index in [9.17, 15) is 9.59 Å². The maximum absolute atomic E-state index is 12.1. The first kappa shape index (κ1) is 18.5. The van der Waals surface area contributed by atoms with Crippen LogP contribution in [0.5, 0.6) is 11.5 Å². The van der Waals surface area contributed by atoms with Crippen LogP contribution in [0.2, 0.25) is 0 Å². The summed E-state index contributed by atoms with van der Waals surface area (Å²) in [5.41, 5.74) is 1.13. The van der Waals surface area contributed by atoms with Crippen LogP contribution in [0, 0.1) is 0 Å². The van der Waals surface area contributed by atoms with Crippen molar-refractivity contribution < 1.29 is 23.8 Å². The second-order valence-corrected chi connectivity index (χ2v) is 5.38. The highest BCUT2D eigenvalue weighted by Gasteiger charge is 2.17. The van der Waals surface area contributed by atoms with E-state index in [-0.39, 0.29) is 17.9 Å². The lowest BCUT2D eigenvalue weighted by molar-refractivity contribution is 0.0522. The molecule has 2 rings (SSSR count). The van der Waals surface area contributed by atoms with Crippen molar-refractivity contribution in [1.82, 2.24) is 0 Å². The summed E-state index contributed by atoms with van der Waals surface area (Å²) in [7, 11) is 0. The van der Waals surface area contributed by atoms with E-state index in [4.69, 9.17) is 14.2 Å². The first-order valence-electron chi connectivity index (χ1n) is 8.39. The summed E-state index contributed by atoms with van der Waals surface area (Å²) in [6.45, 7) is 4.05. The highest BCUT2D eigenvalue weighted by Crippen LogP contribution is 2.23. The van der Waals surface area contributed by atoms with Crippen molar-refractivity contribution in [2.24, 2.45) is 0 Å². The quantitative estimate of drug-likeness (QED) is 0.535. The van der Waals surface area contributed by atoms with Gasteiger partial charge in [0.25, 0.3) is 0 Å². The Bertz CT molecular complexity index is 724. The molecule has 0 saturated heterocycles. The van der Waals surface area contributed by atoms with E-state index in [0.717, 1.165) is 24.8 Å². The maximum Gasteiger partial charge on any atom is 0.519 e. The van der Waals surface area contributed by atoms with Gasteiger partial charge >= 0.3 is 12.1 Å². The van der Waals surface area contributed by atoms with Crippen molar-refractivity contribution in [3.63, 3.8) is 0 Å². The van der Waals surface area contributed by atoms with E-state index >= 15 is 0 Å². The van der Waals surface area contributed by atoms with Crippen LogP contribution in [0.4, 0.5) is 4.79 Å². The molecule has 25 heavy (non-hydrogen) atoms. The van der Waals surface area contributed by atoms with Gasteiger partial charge in [-0.1, -0.05) is 43.7 Å². The van der Waals surface area contributed by atoms with Gasteiger partial charge in [-0.15, -0.1) is 0 Å². The summed E-state index contributed by atoms with van der Waals surface area (Å²) < 4.78 is 15.5. The number of rotatable bonds is 7. The van der Waals surface area contributed by atoms with Crippen LogP contribution >= 0.6 is 0 Å². The summed E-state index contributed by atoms with van der Waals surface area (Å²) in [5, 5.41) is 0. The molecule has 0 radical (unpaired) electrons. The van der Waals surface area contributed by atoms with E-state index in [0.29, 0.717) is 5.75 Å². The molecule has 0 aliphatic rings. The Morgan fingerprint density at radius 3 is 2.24 bits per heavy atom. The van der Waals surface area contributed by atoms with Crippen LogP contribution in [0.15, 0.2) is 48.5 Å². The lowest BCUT2D eigenvalue weighted by Gasteiger charge is -2.11. The first-order chi connectivity index (χ1) is 12.2. The minimum atomic E-state index is -0.888. The van der Waals surface area contributed by atoms with Crippen molar-refractivity contribution in [2.45, 2.75) is 33.1 Å². The van der Waals surface area contributed by atoms with Crippen LogP contribution in [0.25, 0.3) is 0 Å². The Kier molecular flexibility index (Phi) is 7.01. The fraction of sp³-hybridized carbons (Fsp3) is 0.300. The van der Waals surface area contributed by atoms with E-state index in [1.807, 2.05) is 12.1 Å². The number of ether oxygens (including phenoxy) is 3. The second kappa shape index (κ2) is 9.47. The first-order valence-corrected chi connectivity index (χ1v) is 8.39. The van der Waals surface area contributed by atoms with Crippen molar-refractivity contribution in [3.8, 4) is 11.5 Å². The summed E-state index contributed by atoms with van der Waals surface area (Å²) in [6.07, 6.45) is 1.98. The summed E-state index contributed by atoms with van der Waals surface area (Å²) in [4.78, 5) is 24.1. The number of aryl methyl sites for hydroxylation is 1. The van der Waals surface area contributed by atoms with Crippen LogP contribution in [0.1, 0.15) is 42.6 Å². The molecular weight excluding hydrogens is 320 g/mol. The molecule has 0 bridgehead atoms. The van der Waals surface area contributed by atoms with Gasteiger partial charge in [0.1, 0.15) is 17.1 Å². The molecule has 0 fully saturated rings. The van der Waals surface area contributed by atoms with Gasteiger partial charge in [-0.3, -0.25) is 0 Å². The third kappa shape index (κ3) is 5.35. The molecule has 0 aromatic heterocycles. The maximum atomic E-state index is 12.1. The fourth-order valence-corrected chi connectivity index (χ4v) is 2.31. The van der Waals surface area contributed by atoms with E-state index < -0.39 is 12.1 Å². The molecule has 2 aromatic carbocycles. The molecule has 0 atom stereocenters. The predicted octanol–water partition coefficient (Wildman–Crippen LogP) is 4.78. The minimum absolute atomic E-state index is 0.108. The molecule has 132 valence electrons. The van der Waals surface area contributed by atoms with Gasteiger partial charge in [0.05, 0.1) is 6.61 Å². The molecule has 0 unspecified atom stereocenters. The molecule has 5 heteroatoms. The average molecular weight is 342 g/mol. The van der Waals surface area contributed by atoms with Crippen molar-refractivity contribution in [2.75, 3.05) is 6.61 Å². The molecule has 5 nitrogen and oxygen atoms in total. The zero-order valence-corrected chi connectivity index (χ0v) is 14.5. The van der Waals surface area contributed by atoms with E-state index in [1.54, 1.807) is 31.2 Å². The second-order valence-electron chi connectivity index (χ2n) is 5.38. The van der Waals surface area contributed by atoms with Gasteiger partial charge in [0.15, 0.2) is 0 Å². The lowest BCUT2D eigenvalue weighted by Crippen LogP contribution is -2.17. The topological polar surface area (TPSA) is 61.8 Å². The van der Waals surface area contributed by atoms with Crippen LogP contribution in [0.3, 0.4) is 0 Å². The number of benzene rings is 2. The van der Waals surface area contributed by atoms with Gasteiger partial charge in [0, 0.05) is 0 Å². The van der Waals surface area contributed by atoms with E-state index in [1.165, 1.54) is 12.1 Å². The number of carbonyl (C=O) groups is 2. The predicted molar refractivity (Wildman–Crippen MR) is 94.1 cm³/mol. The van der Waals surface area contributed by atoms with Crippen molar-refractivity contribution in [1.29, 1.82) is 0 Å². The van der Waals surface area contributed by atoms with Gasteiger partial charge in [-0.25, -0.2) is 9.59 Å². The highest BCUT2D eigenvalue weighted by molar-refractivity contribution is 5.93. The zero-order chi connectivity index (χ0) is 18.1. The van der Waals surface area contributed by atoms with Crippen molar-refractivity contribution >= 4 is 12.1 Å². The molecule has 0 aliphatic heterocycles. The number of hydrogen-bond donors (Lipinski definition) is 0. The smallest absolute Gasteiger partial charge is 0.462 e. The molecule has 0 N–H and O–H groups in total. The third-order valence-electron chi connectivity index (χ3n) is 3.54. The number of para-hydroxylation sites is 2. The Labute approximate surface area is 147 Å². The Morgan fingerprint density at radius 1 is 0.880 bits per heavy atom. The van der Waals surface area contributed by atoms with E-state index in [2.05, 4.69) is 6.92 Å². The number of carbonyl (C=O) groups excluding carboxylic acids is 2. The number of hydrogen-bond acceptors (Lipinski definition) is 5. The van der Waals surface area contributed by atoms with Gasteiger partial charge in [-0.05, 0) is 43.5 Å². The summed E-state index contributed by atoms with van der Waals surface area (Å²) in [6, 6.07) is 13.7. The van der Waals surface area contributed by atoms with Crippen LogP contribution < -0.4 is 9.47 Å². The fourth-order valence-electron chi connectivity index (χ4n) is 2.31. The third-order valence-corrected chi connectivity index (χ3v) is 3.54. The Hall–Kier alpha value is -2.82. The van der Waals surface area contributed by atoms with Gasteiger partial charge in [-0.2, -0.15) is 0 Å². The SMILES string of the molecule is CCCCc1ccccc1OC(=O)Oc1ccccc1C(=O)OCC. The number of unbranched alkanes of at least 4 members (excludes halogenated alkanes) is 1. The molecule has 0 spiro atoms. The molecule has 2 aromatic rings. The summed E-state index contributed by atoms with van der Waals surface area (Å²) >= 11 is 0. The van der Waals surface area contributed by atoms with Gasteiger partial charge in [0.2, 0.25) is 0 Å². The largest absolute Gasteiger partial charge is 0.519 e. The average Bonchev–Trinajstić information content (AvgIpc) is 2.61. The molecule has 0 heterocycles. The normalized spacial score (nSPS) is 10.2. The summed E-state index contributed by atoms with van der Waals surface area (Å²) in [5.74, 6) is 0.0285. The monoisotopic (exact) mass is 342 g/mol. The Balaban J connectivity index is 2.10. The van der Waals surface area contributed by atoms with Crippen molar-refractivity contribution in [3.05, 3.63) is 59.7 Å². The lowest BCUT2D eigenvalue weighted by atomic mass is 10.1.